The lowest BCUT2D eigenvalue weighted by Crippen LogP contribution is -2.47. The Labute approximate surface area is 150 Å². The predicted octanol–water partition coefficient (Wildman–Crippen LogP) is 2.03. The van der Waals surface area contributed by atoms with Gasteiger partial charge < -0.3 is 10.2 Å². The van der Waals surface area contributed by atoms with Gasteiger partial charge >= 0.3 is 0 Å². The van der Waals surface area contributed by atoms with Gasteiger partial charge in [-0.2, -0.15) is 0 Å². The minimum absolute atomic E-state index is 0.00403. The molecule has 2 fully saturated rings. The lowest BCUT2D eigenvalue weighted by molar-refractivity contribution is -0.137. The van der Waals surface area contributed by atoms with Crippen molar-refractivity contribution in [3.63, 3.8) is 0 Å². The van der Waals surface area contributed by atoms with E-state index < -0.39 is 0 Å². The molecule has 2 saturated heterocycles. The second-order valence-electron chi connectivity index (χ2n) is 7.34. The van der Waals surface area contributed by atoms with Crippen molar-refractivity contribution < 1.29 is 9.59 Å². The molecule has 1 N–H and O–H groups in total. The predicted molar refractivity (Wildman–Crippen MR) is 97.9 cm³/mol. The molecule has 0 saturated carbocycles. The molecule has 2 aliphatic rings. The van der Waals surface area contributed by atoms with Crippen LogP contribution in [-0.4, -0.2) is 53.8 Å². The van der Waals surface area contributed by atoms with Crippen molar-refractivity contribution >= 4 is 11.8 Å². The van der Waals surface area contributed by atoms with Gasteiger partial charge in [-0.25, -0.2) is 0 Å². The number of rotatable bonds is 5. The van der Waals surface area contributed by atoms with E-state index >= 15 is 0 Å². The summed E-state index contributed by atoms with van der Waals surface area (Å²) in [6.45, 7) is 6.10. The van der Waals surface area contributed by atoms with Crippen molar-refractivity contribution in [3.05, 3.63) is 35.9 Å². The van der Waals surface area contributed by atoms with Gasteiger partial charge in [-0.3, -0.25) is 14.5 Å². The van der Waals surface area contributed by atoms with E-state index in [9.17, 15) is 9.59 Å². The van der Waals surface area contributed by atoms with Crippen LogP contribution in [0.5, 0.6) is 0 Å². The van der Waals surface area contributed by atoms with Crippen LogP contribution < -0.4 is 5.32 Å². The third-order valence-electron chi connectivity index (χ3n) is 5.38. The molecule has 0 unspecified atom stereocenters. The molecular formula is C20H29N3O2. The molecule has 5 heteroatoms. The molecule has 2 aliphatic heterocycles. The largest absolute Gasteiger partial charge is 0.354 e. The van der Waals surface area contributed by atoms with Crippen molar-refractivity contribution in [2.24, 2.45) is 5.92 Å². The number of hydrogen-bond donors (Lipinski definition) is 1. The average molecular weight is 343 g/mol. The third kappa shape index (κ3) is 4.82. The number of nitrogens with zero attached hydrogens (tertiary/aromatic N) is 2. The Balaban J connectivity index is 1.46. The number of nitrogens with one attached hydrogen (secondary N) is 1. The smallest absolute Gasteiger partial charge is 0.242 e. The van der Waals surface area contributed by atoms with Crippen LogP contribution in [0.1, 0.15) is 38.2 Å². The number of amides is 2. The van der Waals surface area contributed by atoms with Crippen LogP contribution in [0.4, 0.5) is 0 Å². The molecule has 0 radical (unpaired) electrons. The summed E-state index contributed by atoms with van der Waals surface area (Å²) in [5, 5.41) is 3.10. The first-order chi connectivity index (χ1) is 12.1. The van der Waals surface area contributed by atoms with Gasteiger partial charge in [-0.05, 0) is 43.7 Å². The van der Waals surface area contributed by atoms with Gasteiger partial charge in [0.1, 0.15) is 6.04 Å². The Morgan fingerprint density at radius 3 is 2.64 bits per heavy atom. The molecule has 5 nitrogen and oxygen atoms in total. The van der Waals surface area contributed by atoms with Crippen LogP contribution in [0.3, 0.4) is 0 Å². The van der Waals surface area contributed by atoms with Crippen molar-refractivity contribution in [3.8, 4) is 0 Å². The highest BCUT2D eigenvalue weighted by atomic mass is 16.2. The molecule has 25 heavy (non-hydrogen) atoms. The number of carbonyl (C=O) groups excluding carboxylic acids is 2. The van der Waals surface area contributed by atoms with Crippen LogP contribution >= 0.6 is 0 Å². The van der Waals surface area contributed by atoms with E-state index in [4.69, 9.17) is 0 Å². The summed E-state index contributed by atoms with van der Waals surface area (Å²) in [5.74, 6) is 0.519. The molecule has 1 aromatic carbocycles. The number of piperidine rings is 1. The zero-order valence-electron chi connectivity index (χ0n) is 15.1. The highest BCUT2D eigenvalue weighted by Gasteiger charge is 2.32. The highest BCUT2D eigenvalue weighted by molar-refractivity contribution is 5.87. The van der Waals surface area contributed by atoms with Gasteiger partial charge in [-0.15, -0.1) is 0 Å². The summed E-state index contributed by atoms with van der Waals surface area (Å²) in [6.07, 6.45) is 4.05. The molecule has 0 aliphatic carbocycles. The summed E-state index contributed by atoms with van der Waals surface area (Å²) in [4.78, 5) is 28.3. The normalized spacial score (nSPS) is 24.3. The molecular weight excluding hydrogens is 314 g/mol. The summed E-state index contributed by atoms with van der Waals surface area (Å²) < 4.78 is 0. The van der Waals surface area contributed by atoms with E-state index in [0.717, 1.165) is 38.9 Å². The molecule has 3 rings (SSSR count). The molecule has 0 spiro atoms. The maximum absolute atomic E-state index is 12.5. The highest BCUT2D eigenvalue weighted by Crippen LogP contribution is 2.20. The fourth-order valence-electron chi connectivity index (χ4n) is 4.08. The van der Waals surface area contributed by atoms with Gasteiger partial charge in [0.15, 0.2) is 0 Å². The summed E-state index contributed by atoms with van der Waals surface area (Å²) in [6, 6.07) is 10.3. The summed E-state index contributed by atoms with van der Waals surface area (Å²) in [7, 11) is 0. The molecule has 2 heterocycles. The zero-order valence-corrected chi connectivity index (χ0v) is 15.1. The van der Waals surface area contributed by atoms with Crippen molar-refractivity contribution in [2.45, 2.75) is 45.2 Å². The second-order valence-corrected chi connectivity index (χ2v) is 7.34. The van der Waals surface area contributed by atoms with Gasteiger partial charge in [0.25, 0.3) is 0 Å². The zero-order chi connectivity index (χ0) is 17.6. The van der Waals surface area contributed by atoms with Crippen LogP contribution in [0.25, 0.3) is 0 Å². The van der Waals surface area contributed by atoms with E-state index in [1.165, 1.54) is 12.0 Å². The van der Waals surface area contributed by atoms with Gasteiger partial charge in [-0.1, -0.05) is 30.3 Å². The fourth-order valence-corrected chi connectivity index (χ4v) is 4.08. The lowest BCUT2D eigenvalue weighted by atomic mass is 9.97. The molecule has 0 bridgehead atoms. The SMILES string of the molecule is CC(=O)N1CCC[C@@H]1C(=O)NC[C@@H]1CCCN(Cc2ccccc2)C1. The number of carbonyl (C=O) groups is 2. The van der Waals surface area contributed by atoms with Crippen LogP contribution in [0.15, 0.2) is 30.3 Å². The Morgan fingerprint density at radius 1 is 1.12 bits per heavy atom. The lowest BCUT2D eigenvalue weighted by Gasteiger charge is -2.33. The van der Waals surface area contributed by atoms with Gasteiger partial charge in [0.05, 0.1) is 0 Å². The van der Waals surface area contributed by atoms with Crippen LogP contribution in [-0.2, 0) is 16.1 Å². The maximum Gasteiger partial charge on any atom is 0.242 e. The Hall–Kier alpha value is -1.88. The van der Waals surface area contributed by atoms with E-state index in [-0.39, 0.29) is 17.9 Å². The number of hydrogen-bond acceptors (Lipinski definition) is 3. The Morgan fingerprint density at radius 2 is 1.88 bits per heavy atom. The first-order valence-electron chi connectivity index (χ1n) is 9.44. The minimum atomic E-state index is -0.262. The topological polar surface area (TPSA) is 52.7 Å². The molecule has 2 amide bonds. The molecule has 2 atom stereocenters. The third-order valence-corrected chi connectivity index (χ3v) is 5.38. The first-order valence-corrected chi connectivity index (χ1v) is 9.44. The van der Waals surface area contributed by atoms with Crippen molar-refractivity contribution in [1.82, 2.24) is 15.1 Å². The quantitative estimate of drug-likeness (QED) is 0.890. The van der Waals surface area contributed by atoms with Crippen LogP contribution in [0, 0.1) is 5.92 Å². The first kappa shape index (κ1) is 17.9. The minimum Gasteiger partial charge on any atom is -0.354 e. The molecule has 0 aromatic heterocycles. The van der Waals surface area contributed by atoms with Crippen molar-refractivity contribution in [1.29, 1.82) is 0 Å². The maximum atomic E-state index is 12.5. The fraction of sp³-hybridized carbons (Fsp3) is 0.600. The average Bonchev–Trinajstić information content (AvgIpc) is 3.11. The van der Waals surface area contributed by atoms with E-state index in [0.29, 0.717) is 19.0 Å². The standard InChI is InChI=1S/C20H29N3O2/c1-16(24)23-12-6-10-19(23)20(25)21-13-18-9-5-11-22(15-18)14-17-7-3-2-4-8-17/h2-4,7-8,18-19H,5-6,9-15H2,1H3,(H,21,25)/t18-,19+/m0/s1. The van der Waals surface area contributed by atoms with E-state index in [2.05, 4.69) is 34.5 Å². The Bertz CT molecular complexity index is 590. The molecule has 136 valence electrons. The van der Waals surface area contributed by atoms with Crippen LogP contribution in [0.2, 0.25) is 0 Å². The van der Waals surface area contributed by atoms with E-state index in [1.54, 1.807) is 11.8 Å². The monoisotopic (exact) mass is 343 g/mol. The van der Waals surface area contributed by atoms with Gasteiger partial charge in [0, 0.05) is 33.1 Å². The summed E-state index contributed by atoms with van der Waals surface area (Å²) in [5.41, 5.74) is 1.34. The number of benzene rings is 1. The second kappa shape index (κ2) is 8.48. The summed E-state index contributed by atoms with van der Waals surface area (Å²) >= 11 is 0. The number of likely N-dealkylation sites (tertiary alicyclic amines) is 2. The van der Waals surface area contributed by atoms with Crippen molar-refractivity contribution in [2.75, 3.05) is 26.2 Å². The van der Waals surface area contributed by atoms with E-state index in [1.807, 2.05) is 6.07 Å². The molecule has 1 aromatic rings. The van der Waals surface area contributed by atoms with Gasteiger partial charge in [0.2, 0.25) is 11.8 Å². The Kier molecular flexibility index (Phi) is 6.08.